The lowest BCUT2D eigenvalue weighted by Gasteiger charge is -2.22. The molecule has 1 saturated carbocycles. The molecule has 0 radical (unpaired) electrons. The predicted octanol–water partition coefficient (Wildman–Crippen LogP) is 6.50. The number of halogens is 1. The molecule has 140 valence electrons. The van der Waals surface area contributed by atoms with Crippen LogP contribution in [-0.4, -0.2) is 9.78 Å². The molecule has 2 aromatic carbocycles. The number of benzene rings is 2. The molecule has 0 bridgehead atoms. The Bertz CT molecular complexity index is 875. The van der Waals surface area contributed by atoms with Gasteiger partial charge >= 0.3 is 0 Å². The van der Waals surface area contributed by atoms with Crippen LogP contribution < -0.4 is 0 Å². The summed E-state index contributed by atoms with van der Waals surface area (Å²) in [6.07, 6.45) is 7.58. The predicted molar refractivity (Wildman–Crippen MR) is 109 cm³/mol. The molecular weight excluding hydrogens is 335 g/mol. The molecule has 4 rings (SSSR count). The second kappa shape index (κ2) is 8.08. The highest BCUT2D eigenvalue weighted by molar-refractivity contribution is 5.82. The first kappa shape index (κ1) is 18.0. The van der Waals surface area contributed by atoms with Gasteiger partial charge in [0, 0.05) is 23.4 Å². The van der Waals surface area contributed by atoms with E-state index >= 15 is 0 Å². The molecule has 1 aromatic heterocycles. The summed E-state index contributed by atoms with van der Waals surface area (Å²) in [6, 6.07) is 17.2. The van der Waals surface area contributed by atoms with E-state index in [1.54, 1.807) is 0 Å². The van der Waals surface area contributed by atoms with E-state index in [4.69, 9.17) is 5.10 Å². The molecule has 0 unspecified atom stereocenters. The first-order chi connectivity index (χ1) is 13.3. The lowest BCUT2D eigenvalue weighted by atomic mass is 9.89. The molecule has 3 aromatic rings. The van der Waals surface area contributed by atoms with Crippen LogP contribution in [0.1, 0.15) is 44.7 Å². The van der Waals surface area contributed by atoms with Crippen LogP contribution in [0.15, 0.2) is 54.6 Å². The van der Waals surface area contributed by atoms with Crippen LogP contribution in [0.4, 0.5) is 4.39 Å². The van der Waals surface area contributed by atoms with Crippen molar-refractivity contribution in [3.05, 3.63) is 66.1 Å². The highest BCUT2D eigenvalue weighted by atomic mass is 19.1. The van der Waals surface area contributed by atoms with Gasteiger partial charge in [-0.05, 0) is 55.0 Å². The van der Waals surface area contributed by atoms with Gasteiger partial charge in [-0.15, -0.1) is 0 Å². The van der Waals surface area contributed by atoms with Gasteiger partial charge in [0.2, 0.25) is 0 Å². The Morgan fingerprint density at radius 1 is 0.926 bits per heavy atom. The van der Waals surface area contributed by atoms with Crippen LogP contribution in [0, 0.1) is 11.7 Å². The molecule has 1 heterocycles. The van der Waals surface area contributed by atoms with E-state index < -0.39 is 0 Å². The summed E-state index contributed by atoms with van der Waals surface area (Å²) < 4.78 is 15.7. The minimum absolute atomic E-state index is 0.211. The fraction of sp³-hybridized carbons (Fsp3) is 0.375. The highest BCUT2D eigenvalue weighted by Crippen LogP contribution is 2.36. The van der Waals surface area contributed by atoms with Crippen molar-refractivity contribution in [3.8, 4) is 22.4 Å². The first-order valence-corrected chi connectivity index (χ1v) is 10.2. The maximum Gasteiger partial charge on any atom is 0.123 e. The van der Waals surface area contributed by atoms with Gasteiger partial charge in [0.15, 0.2) is 0 Å². The zero-order chi connectivity index (χ0) is 18.6. The molecule has 0 amide bonds. The molecular formula is C24H27FN2. The lowest BCUT2D eigenvalue weighted by Crippen LogP contribution is -2.16. The van der Waals surface area contributed by atoms with E-state index in [0.717, 1.165) is 24.2 Å². The quantitative estimate of drug-likeness (QED) is 0.506. The van der Waals surface area contributed by atoms with E-state index in [9.17, 15) is 4.39 Å². The van der Waals surface area contributed by atoms with Gasteiger partial charge in [-0.1, -0.05) is 56.5 Å². The van der Waals surface area contributed by atoms with E-state index in [1.807, 2.05) is 18.2 Å². The highest BCUT2D eigenvalue weighted by Gasteiger charge is 2.22. The van der Waals surface area contributed by atoms with Gasteiger partial charge in [-0.3, -0.25) is 4.68 Å². The second-order valence-electron chi connectivity index (χ2n) is 7.58. The molecule has 0 N–H and O–H groups in total. The second-order valence-corrected chi connectivity index (χ2v) is 7.58. The summed E-state index contributed by atoms with van der Waals surface area (Å²) in [4.78, 5) is 0. The smallest absolute Gasteiger partial charge is 0.123 e. The van der Waals surface area contributed by atoms with Crippen LogP contribution in [-0.2, 0) is 13.0 Å². The van der Waals surface area contributed by atoms with Gasteiger partial charge in [0.1, 0.15) is 11.5 Å². The fourth-order valence-electron chi connectivity index (χ4n) is 4.34. The SMILES string of the molecule is CCc1c(-c2ccccc2)c(-c2ccc(F)cc2)nn1CC1CCCCC1. The van der Waals surface area contributed by atoms with Crippen LogP contribution in [0.2, 0.25) is 0 Å². The number of aromatic nitrogens is 2. The average molecular weight is 362 g/mol. The van der Waals surface area contributed by atoms with E-state index in [-0.39, 0.29) is 5.82 Å². The number of rotatable bonds is 5. The van der Waals surface area contributed by atoms with E-state index in [0.29, 0.717) is 5.92 Å². The molecule has 0 atom stereocenters. The molecule has 2 nitrogen and oxygen atoms in total. The Balaban J connectivity index is 1.81. The summed E-state index contributed by atoms with van der Waals surface area (Å²) in [5.74, 6) is 0.506. The van der Waals surface area contributed by atoms with Crippen molar-refractivity contribution in [1.82, 2.24) is 9.78 Å². The summed E-state index contributed by atoms with van der Waals surface area (Å²) in [6.45, 7) is 3.19. The fourth-order valence-corrected chi connectivity index (χ4v) is 4.34. The molecule has 0 saturated heterocycles. The van der Waals surface area contributed by atoms with E-state index in [2.05, 4.69) is 35.9 Å². The topological polar surface area (TPSA) is 17.8 Å². The van der Waals surface area contributed by atoms with Crippen molar-refractivity contribution in [2.75, 3.05) is 0 Å². The van der Waals surface area contributed by atoms with Crippen LogP contribution >= 0.6 is 0 Å². The Labute approximate surface area is 161 Å². The van der Waals surface area contributed by atoms with Gasteiger partial charge in [0.25, 0.3) is 0 Å². The summed E-state index contributed by atoms with van der Waals surface area (Å²) in [5.41, 5.74) is 5.61. The molecule has 1 aliphatic rings. The average Bonchev–Trinajstić information content (AvgIpc) is 3.08. The van der Waals surface area contributed by atoms with Crippen LogP contribution in [0.25, 0.3) is 22.4 Å². The molecule has 1 fully saturated rings. The third kappa shape index (κ3) is 3.83. The summed E-state index contributed by atoms with van der Waals surface area (Å²) in [5, 5.41) is 5.05. The Morgan fingerprint density at radius 3 is 2.30 bits per heavy atom. The van der Waals surface area contributed by atoms with Gasteiger partial charge in [0.05, 0.1) is 0 Å². The Morgan fingerprint density at radius 2 is 1.63 bits per heavy atom. The number of hydrogen-bond acceptors (Lipinski definition) is 1. The first-order valence-electron chi connectivity index (χ1n) is 10.2. The maximum atomic E-state index is 13.5. The van der Waals surface area contributed by atoms with Crippen molar-refractivity contribution < 1.29 is 4.39 Å². The van der Waals surface area contributed by atoms with Gasteiger partial charge in [-0.2, -0.15) is 5.10 Å². The van der Waals surface area contributed by atoms with Crippen molar-refractivity contribution in [2.24, 2.45) is 5.92 Å². The Kier molecular flexibility index (Phi) is 5.38. The number of nitrogens with zero attached hydrogens (tertiary/aromatic N) is 2. The molecule has 0 aliphatic heterocycles. The zero-order valence-corrected chi connectivity index (χ0v) is 16.0. The lowest BCUT2D eigenvalue weighted by molar-refractivity contribution is 0.305. The van der Waals surface area contributed by atoms with Gasteiger partial charge in [-0.25, -0.2) is 4.39 Å². The van der Waals surface area contributed by atoms with Crippen LogP contribution in [0.3, 0.4) is 0 Å². The number of hydrogen-bond donors (Lipinski definition) is 0. The maximum absolute atomic E-state index is 13.5. The van der Waals surface area contributed by atoms with Crippen molar-refractivity contribution in [2.45, 2.75) is 52.0 Å². The summed E-state index contributed by atoms with van der Waals surface area (Å²) >= 11 is 0. The molecule has 0 spiro atoms. The minimum atomic E-state index is -0.211. The third-order valence-electron chi connectivity index (χ3n) is 5.73. The van der Waals surface area contributed by atoms with Crippen molar-refractivity contribution in [3.63, 3.8) is 0 Å². The Hall–Kier alpha value is -2.42. The normalized spacial score (nSPS) is 15.2. The molecule has 1 aliphatic carbocycles. The van der Waals surface area contributed by atoms with Crippen molar-refractivity contribution in [1.29, 1.82) is 0 Å². The monoisotopic (exact) mass is 362 g/mol. The largest absolute Gasteiger partial charge is 0.268 e. The summed E-state index contributed by atoms with van der Waals surface area (Å²) in [7, 11) is 0. The van der Waals surface area contributed by atoms with Gasteiger partial charge < -0.3 is 0 Å². The third-order valence-corrected chi connectivity index (χ3v) is 5.73. The minimum Gasteiger partial charge on any atom is -0.268 e. The standard InChI is InChI=1S/C24H27FN2/c1-2-22-23(19-11-7-4-8-12-19)24(20-13-15-21(25)16-14-20)26-27(22)17-18-9-5-3-6-10-18/h4,7-8,11-16,18H,2-3,5-6,9-10,17H2,1H3. The molecule has 3 heteroatoms. The van der Waals surface area contributed by atoms with Crippen LogP contribution in [0.5, 0.6) is 0 Å². The zero-order valence-electron chi connectivity index (χ0n) is 16.0. The van der Waals surface area contributed by atoms with Crippen molar-refractivity contribution >= 4 is 0 Å². The molecule has 27 heavy (non-hydrogen) atoms. The van der Waals surface area contributed by atoms with E-state index in [1.165, 1.54) is 61.1 Å².